The first kappa shape index (κ1) is 10.6. The molecule has 1 aliphatic carbocycles. The first-order valence-electron chi connectivity index (χ1n) is 6.08. The molecular weight excluding hydrogens is 220 g/mol. The summed E-state index contributed by atoms with van der Waals surface area (Å²) >= 11 is 0. The number of amides is 1. The van der Waals surface area contributed by atoms with Crippen LogP contribution in [0.3, 0.4) is 0 Å². The minimum atomic E-state index is 0.312. The van der Waals surface area contributed by atoms with Gasteiger partial charge in [0.2, 0.25) is 11.8 Å². The quantitative estimate of drug-likeness (QED) is 0.745. The third-order valence-electron chi connectivity index (χ3n) is 3.30. The van der Waals surface area contributed by atoms with Gasteiger partial charge in [0, 0.05) is 39.0 Å². The summed E-state index contributed by atoms with van der Waals surface area (Å²) < 4.78 is 5.38. The van der Waals surface area contributed by atoms with Crippen LogP contribution in [-0.4, -0.2) is 47.2 Å². The lowest BCUT2D eigenvalue weighted by Crippen LogP contribution is -2.49. The highest BCUT2D eigenvalue weighted by molar-refractivity contribution is 5.81. The molecule has 3 rings (SSSR count). The molecule has 0 spiro atoms. The summed E-state index contributed by atoms with van der Waals surface area (Å²) in [6.45, 7) is 4.86. The number of aromatic nitrogens is 2. The molecule has 6 nitrogen and oxygen atoms in total. The summed E-state index contributed by atoms with van der Waals surface area (Å²) in [6, 6.07) is 0.570. The second kappa shape index (κ2) is 4.01. The molecule has 92 valence electrons. The van der Waals surface area contributed by atoms with Crippen LogP contribution in [0.25, 0.3) is 0 Å². The smallest absolute Gasteiger partial charge is 0.318 e. The van der Waals surface area contributed by atoms with Crippen molar-refractivity contribution in [3.05, 3.63) is 5.89 Å². The molecule has 0 bridgehead atoms. The van der Waals surface area contributed by atoms with Crippen LogP contribution in [0.4, 0.5) is 6.01 Å². The van der Waals surface area contributed by atoms with Crippen molar-refractivity contribution in [2.45, 2.75) is 19.8 Å². The van der Waals surface area contributed by atoms with Gasteiger partial charge in [-0.05, 0) is 12.8 Å². The topological polar surface area (TPSA) is 62.5 Å². The Kier molecular flexibility index (Phi) is 2.49. The number of hydrogen-bond donors (Lipinski definition) is 0. The molecule has 0 aromatic carbocycles. The van der Waals surface area contributed by atoms with Gasteiger partial charge in [0.1, 0.15) is 0 Å². The molecule has 2 fully saturated rings. The second-order valence-electron chi connectivity index (χ2n) is 4.69. The largest absolute Gasteiger partial charge is 0.408 e. The molecule has 6 heteroatoms. The Bertz CT molecular complexity index is 419. The van der Waals surface area contributed by atoms with Gasteiger partial charge in [-0.25, -0.2) is 0 Å². The summed E-state index contributed by atoms with van der Waals surface area (Å²) in [7, 11) is 0. The van der Waals surface area contributed by atoms with Gasteiger partial charge < -0.3 is 14.2 Å². The number of piperazine rings is 1. The summed E-state index contributed by atoms with van der Waals surface area (Å²) in [4.78, 5) is 15.9. The lowest BCUT2D eigenvalue weighted by Gasteiger charge is -2.33. The fourth-order valence-electron chi connectivity index (χ4n) is 2.12. The molecule has 2 heterocycles. The molecule has 0 unspecified atom stereocenters. The highest BCUT2D eigenvalue weighted by Gasteiger charge is 2.35. The van der Waals surface area contributed by atoms with Gasteiger partial charge in [0.05, 0.1) is 0 Å². The molecule has 0 radical (unpaired) electrons. The maximum Gasteiger partial charge on any atom is 0.318 e. The van der Waals surface area contributed by atoms with Crippen LogP contribution >= 0.6 is 0 Å². The lowest BCUT2D eigenvalue weighted by atomic mass is 10.3. The van der Waals surface area contributed by atoms with E-state index in [4.69, 9.17) is 4.42 Å². The van der Waals surface area contributed by atoms with E-state index in [9.17, 15) is 4.79 Å². The number of hydrogen-bond acceptors (Lipinski definition) is 5. The minimum Gasteiger partial charge on any atom is -0.408 e. The molecule has 1 saturated carbocycles. The zero-order valence-electron chi connectivity index (χ0n) is 9.93. The van der Waals surface area contributed by atoms with Crippen molar-refractivity contribution in [1.82, 2.24) is 15.1 Å². The Morgan fingerprint density at radius 1 is 1.24 bits per heavy atom. The maximum atomic E-state index is 11.9. The Morgan fingerprint density at radius 3 is 2.47 bits per heavy atom. The first-order chi connectivity index (χ1) is 8.24. The lowest BCUT2D eigenvalue weighted by molar-refractivity contribution is -0.132. The van der Waals surface area contributed by atoms with E-state index in [1.165, 1.54) is 0 Å². The third kappa shape index (κ3) is 2.11. The van der Waals surface area contributed by atoms with Gasteiger partial charge in [0.15, 0.2) is 0 Å². The summed E-state index contributed by atoms with van der Waals surface area (Å²) in [5.41, 5.74) is 0. The normalized spacial score (nSPS) is 20.8. The Labute approximate surface area is 99.6 Å². The fourth-order valence-corrected chi connectivity index (χ4v) is 2.12. The van der Waals surface area contributed by atoms with Crippen molar-refractivity contribution < 1.29 is 9.21 Å². The molecular formula is C11H16N4O2. The van der Waals surface area contributed by atoms with Crippen molar-refractivity contribution >= 4 is 11.9 Å². The highest BCUT2D eigenvalue weighted by Crippen LogP contribution is 2.31. The molecule has 1 aliphatic heterocycles. The molecule has 17 heavy (non-hydrogen) atoms. The first-order valence-corrected chi connectivity index (χ1v) is 6.08. The number of anilines is 1. The highest BCUT2D eigenvalue weighted by atomic mass is 16.4. The molecule has 0 atom stereocenters. The summed E-state index contributed by atoms with van der Waals surface area (Å²) in [6.07, 6.45) is 2.14. The van der Waals surface area contributed by atoms with Gasteiger partial charge in [-0.15, -0.1) is 5.10 Å². The van der Waals surface area contributed by atoms with Crippen LogP contribution in [0, 0.1) is 12.8 Å². The number of aryl methyl sites for hydroxylation is 1. The van der Waals surface area contributed by atoms with Crippen LogP contribution in [0.15, 0.2) is 4.42 Å². The van der Waals surface area contributed by atoms with Gasteiger partial charge in [-0.2, -0.15) is 0 Å². The number of rotatable bonds is 2. The monoisotopic (exact) mass is 236 g/mol. The average Bonchev–Trinajstić information content (AvgIpc) is 3.11. The molecule has 1 aromatic rings. The maximum absolute atomic E-state index is 11.9. The predicted octanol–water partition coefficient (Wildman–Crippen LogP) is 0.437. The molecule has 1 saturated heterocycles. The molecule has 0 N–H and O–H groups in total. The van der Waals surface area contributed by atoms with Gasteiger partial charge in [-0.1, -0.05) is 5.10 Å². The number of nitrogens with zero attached hydrogens (tertiary/aromatic N) is 4. The Hall–Kier alpha value is -1.59. The van der Waals surface area contributed by atoms with Crippen molar-refractivity contribution in [3.8, 4) is 0 Å². The van der Waals surface area contributed by atoms with Crippen LogP contribution in [0.1, 0.15) is 18.7 Å². The minimum absolute atomic E-state index is 0.312. The van der Waals surface area contributed by atoms with Crippen molar-refractivity contribution in [2.24, 2.45) is 5.92 Å². The van der Waals surface area contributed by atoms with E-state index < -0.39 is 0 Å². The van der Waals surface area contributed by atoms with Crippen molar-refractivity contribution in [1.29, 1.82) is 0 Å². The average molecular weight is 236 g/mol. The van der Waals surface area contributed by atoms with E-state index in [-0.39, 0.29) is 0 Å². The van der Waals surface area contributed by atoms with E-state index >= 15 is 0 Å². The SMILES string of the molecule is Cc1nnc(N2CCN(C(=O)C3CC3)CC2)o1. The van der Waals surface area contributed by atoms with E-state index in [1.54, 1.807) is 6.92 Å². The van der Waals surface area contributed by atoms with Crippen molar-refractivity contribution in [3.63, 3.8) is 0 Å². The zero-order chi connectivity index (χ0) is 11.8. The van der Waals surface area contributed by atoms with E-state index in [2.05, 4.69) is 10.2 Å². The Morgan fingerprint density at radius 2 is 1.94 bits per heavy atom. The summed E-state index contributed by atoms with van der Waals surface area (Å²) in [5.74, 6) is 1.22. The molecule has 1 aromatic heterocycles. The van der Waals surface area contributed by atoms with E-state index in [1.807, 2.05) is 9.80 Å². The van der Waals surface area contributed by atoms with Crippen LogP contribution in [0.2, 0.25) is 0 Å². The summed E-state index contributed by atoms with van der Waals surface area (Å²) in [5, 5.41) is 7.81. The van der Waals surface area contributed by atoms with Gasteiger partial charge >= 0.3 is 6.01 Å². The second-order valence-corrected chi connectivity index (χ2v) is 4.69. The van der Waals surface area contributed by atoms with Crippen LogP contribution < -0.4 is 4.90 Å². The zero-order valence-corrected chi connectivity index (χ0v) is 9.93. The standard InChI is InChI=1S/C11H16N4O2/c1-8-12-13-11(17-8)15-6-4-14(5-7-15)10(16)9-2-3-9/h9H,2-7H2,1H3. The van der Waals surface area contributed by atoms with Crippen molar-refractivity contribution in [2.75, 3.05) is 31.1 Å². The van der Waals surface area contributed by atoms with Gasteiger partial charge in [0.25, 0.3) is 0 Å². The Balaban J connectivity index is 1.58. The van der Waals surface area contributed by atoms with E-state index in [0.717, 1.165) is 39.0 Å². The number of carbonyl (C=O) groups excluding carboxylic acids is 1. The predicted molar refractivity (Wildman–Crippen MR) is 60.6 cm³/mol. The van der Waals surface area contributed by atoms with E-state index in [0.29, 0.717) is 23.7 Å². The number of carbonyl (C=O) groups is 1. The third-order valence-corrected chi connectivity index (χ3v) is 3.30. The fraction of sp³-hybridized carbons (Fsp3) is 0.727. The molecule has 1 amide bonds. The van der Waals surface area contributed by atoms with Crippen LogP contribution in [-0.2, 0) is 4.79 Å². The van der Waals surface area contributed by atoms with Gasteiger partial charge in [-0.3, -0.25) is 4.79 Å². The van der Waals surface area contributed by atoms with Crippen LogP contribution in [0.5, 0.6) is 0 Å². The molecule has 2 aliphatic rings.